The number of hydrogen-bond donors (Lipinski definition) is 1. The number of nitrogens with one attached hydrogen (secondary N) is 1. The van der Waals surface area contributed by atoms with Crippen molar-refractivity contribution in [2.75, 3.05) is 39.3 Å². The summed E-state index contributed by atoms with van der Waals surface area (Å²) in [7, 11) is 3.24. The van der Waals surface area contributed by atoms with Crippen LogP contribution in [0.15, 0.2) is 30.3 Å². The first-order valence-corrected chi connectivity index (χ1v) is 9.32. The van der Waals surface area contributed by atoms with Crippen LogP contribution in [-0.4, -0.2) is 44.9 Å². The minimum Gasteiger partial charge on any atom is -0.493 e. The zero-order chi connectivity index (χ0) is 19.7. The molecule has 4 rings (SSSR count). The van der Waals surface area contributed by atoms with Crippen molar-refractivity contribution in [3.8, 4) is 23.0 Å². The molecule has 0 aromatic heterocycles. The van der Waals surface area contributed by atoms with E-state index in [-0.39, 0.29) is 12.1 Å². The van der Waals surface area contributed by atoms with Crippen LogP contribution in [0.5, 0.6) is 23.0 Å². The molecule has 2 heterocycles. The van der Waals surface area contributed by atoms with E-state index in [1.165, 1.54) is 5.56 Å². The Hall–Kier alpha value is -3.09. The van der Waals surface area contributed by atoms with Gasteiger partial charge < -0.3 is 29.2 Å². The van der Waals surface area contributed by atoms with E-state index in [0.717, 1.165) is 12.0 Å². The van der Waals surface area contributed by atoms with Gasteiger partial charge in [-0.05, 0) is 48.7 Å². The highest BCUT2D eigenvalue weighted by atomic mass is 16.6. The number of fused-ring (bicyclic) bond motifs is 2. The Bertz CT molecular complexity index is 899. The second-order valence-corrected chi connectivity index (χ2v) is 6.81. The highest BCUT2D eigenvalue weighted by Crippen LogP contribution is 2.38. The molecule has 2 aromatic carbocycles. The number of ether oxygens (including phenoxy) is 4. The molecule has 0 spiro atoms. The smallest absolute Gasteiger partial charge is 0.322 e. The first kappa shape index (κ1) is 18.3. The van der Waals surface area contributed by atoms with Gasteiger partial charge in [-0.25, -0.2) is 4.79 Å². The monoisotopic (exact) mass is 384 g/mol. The minimum atomic E-state index is -0.149. The summed E-state index contributed by atoms with van der Waals surface area (Å²) < 4.78 is 21.9. The molecule has 7 nitrogen and oxygen atoms in total. The van der Waals surface area contributed by atoms with E-state index < -0.39 is 0 Å². The van der Waals surface area contributed by atoms with Gasteiger partial charge in [-0.3, -0.25) is 0 Å². The molecule has 1 unspecified atom stereocenters. The van der Waals surface area contributed by atoms with Crippen molar-refractivity contribution in [2.45, 2.75) is 19.4 Å². The number of carbonyl (C=O) groups excluding carboxylic acids is 1. The zero-order valence-electron chi connectivity index (χ0n) is 16.3. The van der Waals surface area contributed by atoms with Gasteiger partial charge in [0.15, 0.2) is 23.0 Å². The highest BCUT2D eigenvalue weighted by Gasteiger charge is 2.29. The summed E-state index contributed by atoms with van der Waals surface area (Å²) in [5, 5.41) is 2.97. The number of carbonyl (C=O) groups is 1. The maximum absolute atomic E-state index is 12.9. The SMILES string of the molecule is COc1cc2c(cc1OC)C(C)N(C(=O)Nc1ccc3c(c1)OCCO3)CC2. The summed E-state index contributed by atoms with van der Waals surface area (Å²) >= 11 is 0. The van der Waals surface area contributed by atoms with Crippen LogP contribution >= 0.6 is 0 Å². The van der Waals surface area contributed by atoms with E-state index in [2.05, 4.69) is 5.32 Å². The molecule has 2 aliphatic heterocycles. The van der Waals surface area contributed by atoms with Crippen molar-refractivity contribution in [3.63, 3.8) is 0 Å². The summed E-state index contributed by atoms with van der Waals surface area (Å²) in [5.41, 5.74) is 2.93. The second-order valence-electron chi connectivity index (χ2n) is 6.81. The van der Waals surface area contributed by atoms with E-state index in [1.807, 2.05) is 36.1 Å². The number of amides is 2. The van der Waals surface area contributed by atoms with Crippen LogP contribution in [0.3, 0.4) is 0 Å². The molecular formula is C21H24N2O5. The van der Waals surface area contributed by atoms with E-state index in [1.54, 1.807) is 20.3 Å². The number of hydrogen-bond acceptors (Lipinski definition) is 5. The molecule has 2 aromatic rings. The molecule has 2 amide bonds. The Morgan fingerprint density at radius 2 is 1.79 bits per heavy atom. The lowest BCUT2D eigenvalue weighted by atomic mass is 9.93. The fraction of sp³-hybridized carbons (Fsp3) is 0.381. The van der Waals surface area contributed by atoms with E-state index >= 15 is 0 Å². The Morgan fingerprint density at radius 3 is 2.54 bits per heavy atom. The molecule has 0 saturated heterocycles. The average molecular weight is 384 g/mol. The highest BCUT2D eigenvalue weighted by molar-refractivity contribution is 5.90. The third kappa shape index (κ3) is 3.28. The normalized spacial score (nSPS) is 17.5. The number of nitrogens with zero attached hydrogens (tertiary/aromatic N) is 1. The lowest BCUT2D eigenvalue weighted by molar-refractivity contribution is 0.171. The maximum Gasteiger partial charge on any atom is 0.322 e. The number of urea groups is 1. The Labute approximate surface area is 164 Å². The molecule has 0 bridgehead atoms. The first-order chi connectivity index (χ1) is 13.6. The predicted octanol–water partition coefficient (Wildman–Crippen LogP) is 3.63. The molecule has 2 aliphatic rings. The van der Waals surface area contributed by atoms with Crippen molar-refractivity contribution in [1.82, 2.24) is 4.90 Å². The van der Waals surface area contributed by atoms with Gasteiger partial charge >= 0.3 is 6.03 Å². The molecule has 0 aliphatic carbocycles. The van der Waals surface area contributed by atoms with Crippen LogP contribution in [0.4, 0.5) is 10.5 Å². The van der Waals surface area contributed by atoms with Crippen molar-refractivity contribution in [1.29, 1.82) is 0 Å². The van der Waals surface area contributed by atoms with Gasteiger partial charge in [0, 0.05) is 18.3 Å². The maximum atomic E-state index is 12.9. The topological polar surface area (TPSA) is 69.3 Å². The van der Waals surface area contributed by atoms with Gasteiger partial charge in [0.25, 0.3) is 0 Å². The van der Waals surface area contributed by atoms with Crippen LogP contribution in [0.25, 0.3) is 0 Å². The van der Waals surface area contributed by atoms with Crippen LogP contribution < -0.4 is 24.3 Å². The quantitative estimate of drug-likeness (QED) is 0.875. The Kier molecular flexibility index (Phi) is 4.90. The molecule has 0 radical (unpaired) electrons. The van der Waals surface area contributed by atoms with Crippen LogP contribution in [-0.2, 0) is 6.42 Å². The van der Waals surface area contributed by atoms with Crippen molar-refractivity contribution >= 4 is 11.7 Å². The van der Waals surface area contributed by atoms with Gasteiger partial charge in [-0.15, -0.1) is 0 Å². The lowest BCUT2D eigenvalue weighted by Crippen LogP contribution is -2.41. The number of benzene rings is 2. The molecule has 1 atom stereocenters. The molecule has 1 N–H and O–H groups in total. The number of methoxy groups -OCH3 is 2. The molecule has 148 valence electrons. The fourth-order valence-electron chi connectivity index (χ4n) is 3.74. The molecule has 0 saturated carbocycles. The van der Waals surface area contributed by atoms with E-state index in [0.29, 0.717) is 48.4 Å². The van der Waals surface area contributed by atoms with Gasteiger partial charge in [0.2, 0.25) is 0 Å². The summed E-state index contributed by atoms with van der Waals surface area (Å²) in [6, 6.07) is 9.16. The van der Waals surface area contributed by atoms with Crippen molar-refractivity contribution in [3.05, 3.63) is 41.5 Å². The minimum absolute atomic E-state index is 0.0826. The third-order valence-corrected chi connectivity index (χ3v) is 5.24. The number of rotatable bonds is 3. The van der Waals surface area contributed by atoms with Gasteiger partial charge in [0.1, 0.15) is 13.2 Å². The zero-order valence-corrected chi connectivity index (χ0v) is 16.3. The summed E-state index contributed by atoms with van der Waals surface area (Å²) in [6.07, 6.45) is 0.759. The average Bonchev–Trinajstić information content (AvgIpc) is 2.73. The summed E-state index contributed by atoms with van der Waals surface area (Å²) in [6.45, 7) is 3.70. The first-order valence-electron chi connectivity index (χ1n) is 9.32. The van der Waals surface area contributed by atoms with Gasteiger partial charge in [-0.1, -0.05) is 0 Å². The molecular weight excluding hydrogens is 360 g/mol. The molecule has 7 heteroatoms. The largest absolute Gasteiger partial charge is 0.493 e. The fourth-order valence-corrected chi connectivity index (χ4v) is 3.74. The Balaban J connectivity index is 1.53. The summed E-state index contributed by atoms with van der Waals surface area (Å²) in [4.78, 5) is 14.7. The predicted molar refractivity (Wildman–Crippen MR) is 105 cm³/mol. The molecule has 28 heavy (non-hydrogen) atoms. The second kappa shape index (κ2) is 7.50. The van der Waals surface area contributed by atoms with Crippen LogP contribution in [0, 0.1) is 0 Å². The summed E-state index contributed by atoms with van der Waals surface area (Å²) in [5.74, 6) is 2.73. The van der Waals surface area contributed by atoms with Crippen LogP contribution in [0.1, 0.15) is 24.1 Å². The third-order valence-electron chi connectivity index (χ3n) is 5.24. The van der Waals surface area contributed by atoms with Gasteiger partial charge in [0.05, 0.1) is 20.3 Å². The standard InChI is InChI=1S/C21H24N2O5/c1-13-16-12-19(26-3)18(25-2)10-14(16)6-7-23(13)21(24)22-15-4-5-17-20(11-15)28-9-8-27-17/h4-5,10-13H,6-9H2,1-3H3,(H,22,24). The Morgan fingerprint density at radius 1 is 1.07 bits per heavy atom. The number of anilines is 1. The van der Waals surface area contributed by atoms with Crippen molar-refractivity contribution < 1.29 is 23.7 Å². The lowest BCUT2D eigenvalue weighted by Gasteiger charge is -2.35. The van der Waals surface area contributed by atoms with Crippen molar-refractivity contribution in [2.24, 2.45) is 0 Å². The molecule has 0 fully saturated rings. The van der Waals surface area contributed by atoms with E-state index in [9.17, 15) is 4.79 Å². The van der Waals surface area contributed by atoms with Crippen LogP contribution in [0.2, 0.25) is 0 Å². The van der Waals surface area contributed by atoms with E-state index in [4.69, 9.17) is 18.9 Å². The van der Waals surface area contributed by atoms with Gasteiger partial charge in [-0.2, -0.15) is 0 Å².